The molecule has 0 amide bonds. The van der Waals surface area contributed by atoms with Crippen LogP contribution in [0.4, 0.5) is 13.2 Å². The van der Waals surface area contributed by atoms with Crippen LogP contribution in [0.3, 0.4) is 0 Å². The van der Waals surface area contributed by atoms with Gasteiger partial charge in [-0.15, -0.1) is 0 Å². The fraction of sp³-hybridized carbons (Fsp3) is 1.00. The molecular formula is C11H19F3O5S. The van der Waals surface area contributed by atoms with E-state index in [1.54, 1.807) is 20.8 Å². The molecule has 1 rings (SSSR count). The van der Waals surface area contributed by atoms with Gasteiger partial charge < -0.3 is 9.47 Å². The number of halogens is 3. The second-order valence-corrected chi connectivity index (χ2v) is 6.40. The molecule has 0 bridgehead atoms. The summed E-state index contributed by atoms with van der Waals surface area (Å²) in [5.74, 6) is -0.206. The molecule has 0 spiro atoms. The van der Waals surface area contributed by atoms with Gasteiger partial charge in [0.25, 0.3) is 0 Å². The molecule has 1 heterocycles. The van der Waals surface area contributed by atoms with Crippen molar-refractivity contribution in [1.29, 1.82) is 0 Å². The smallest absolute Gasteiger partial charge is 0.376 e. The molecule has 20 heavy (non-hydrogen) atoms. The van der Waals surface area contributed by atoms with Crippen LogP contribution in [0.1, 0.15) is 28.6 Å². The third kappa shape index (κ3) is 2.95. The third-order valence-corrected chi connectivity index (χ3v) is 4.55. The Morgan fingerprint density at radius 1 is 1.50 bits per heavy atom. The summed E-state index contributed by atoms with van der Waals surface area (Å²) < 4.78 is 82.0. The SMILES string of the molecule is [3H][C@@H]1O[C@@](CC)(C(C)C)[C@@H](OC)[C@@H]1OS(=O)(=O)C(F)(F)F. The standard InChI is InChI=1S/C11H19F3O5S/c1-5-10(7(2)3)9(17-4)8(6-18-10)19-20(15,16)11(12,13)14/h7-9H,5-6H2,1-4H3/t8-,9+,10+/m1/s1/i6T/t6-,8+,9-,10-/m0. The minimum Gasteiger partial charge on any atom is -0.376 e. The van der Waals surface area contributed by atoms with E-state index >= 15 is 0 Å². The monoisotopic (exact) mass is 322 g/mol. The average molecular weight is 322 g/mol. The van der Waals surface area contributed by atoms with Crippen molar-refractivity contribution in [2.45, 2.75) is 50.5 Å². The van der Waals surface area contributed by atoms with E-state index in [1.807, 2.05) is 0 Å². The predicted molar refractivity (Wildman–Crippen MR) is 64.5 cm³/mol. The maximum absolute atomic E-state index is 12.4. The van der Waals surface area contributed by atoms with E-state index in [-0.39, 0.29) is 5.92 Å². The molecule has 4 atom stereocenters. The van der Waals surface area contributed by atoms with Crippen molar-refractivity contribution >= 4 is 10.1 Å². The van der Waals surface area contributed by atoms with Crippen LogP contribution in [0.25, 0.3) is 0 Å². The van der Waals surface area contributed by atoms with E-state index < -0.39 is 40.0 Å². The van der Waals surface area contributed by atoms with Gasteiger partial charge in [0.2, 0.25) is 0 Å². The Morgan fingerprint density at radius 3 is 2.40 bits per heavy atom. The molecule has 0 aromatic heterocycles. The molecular weight excluding hydrogens is 301 g/mol. The second-order valence-electron chi connectivity index (χ2n) is 4.83. The molecule has 1 fully saturated rings. The van der Waals surface area contributed by atoms with Gasteiger partial charge in [-0.2, -0.15) is 21.6 Å². The molecule has 0 radical (unpaired) electrons. The third-order valence-electron chi connectivity index (χ3n) is 3.51. The summed E-state index contributed by atoms with van der Waals surface area (Å²) in [5.41, 5.74) is -6.63. The Kier molecular flexibility index (Phi) is 4.63. The van der Waals surface area contributed by atoms with Crippen molar-refractivity contribution < 1.29 is 36.6 Å². The minimum absolute atomic E-state index is 0.206. The van der Waals surface area contributed by atoms with Crippen molar-refractivity contribution in [2.75, 3.05) is 13.7 Å². The van der Waals surface area contributed by atoms with Gasteiger partial charge in [0.1, 0.15) is 12.2 Å². The molecule has 0 aliphatic carbocycles. The fourth-order valence-electron chi connectivity index (χ4n) is 2.38. The molecule has 1 aliphatic heterocycles. The molecule has 0 aromatic rings. The average Bonchev–Trinajstić information content (AvgIpc) is 2.61. The molecule has 0 unspecified atom stereocenters. The van der Waals surface area contributed by atoms with E-state index in [4.69, 9.17) is 10.8 Å². The molecule has 9 heteroatoms. The van der Waals surface area contributed by atoms with Gasteiger partial charge in [-0.3, -0.25) is 4.18 Å². The Morgan fingerprint density at radius 2 is 2.05 bits per heavy atom. The number of ether oxygens (including phenoxy) is 2. The summed E-state index contributed by atoms with van der Waals surface area (Å²) in [6.45, 7) is 3.64. The van der Waals surface area contributed by atoms with E-state index in [0.717, 1.165) is 0 Å². The van der Waals surface area contributed by atoms with Crippen molar-refractivity contribution in [3.63, 3.8) is 0 Å². The van der Waals surface area contributed by atoms with E-state index in [9.17, 15) is 21.6 Å². The maximum atomic E-state index is 12.4. The molecule has 0 N–H and O–H groups in total. The second kappa shape index (κ2) is 5.78. The minimum atomic E-state index is -5.82. The zero-order valence-corrected chi connectivity index (χ0v) is 12.4. The Labute approximate surface area is 117 Å². The van der Waals surface area contributed by atoms with Crippen molar-refractivity contribution in [3.05, 3.63) is 0 Å². The van der Waals surface area contributed by atoms with Gasteiger partial charge in [-0.05, 0) is 12.3 Å². The van der Waals surface area contributed by atoms with Crippen LogP contribution in [0.5, 0.6) is 0 Å². The maximum Gasteiger partial charge on any atom is 0.523 e. The Bertz CT molecular complexity index is 467. The first-order valence-electron chi connectivity index (χ1n) is 6.63. The zero-order chi connectivity index (χ0) is 16.6. The van der Waals surface area contributed by atoms with Gasteiger partial charge in [0.05, 0.1) is 13.6 Å². The van der Waals surface area contributed by atoms with E-state index in [2.05, 4.69) is 4.18 Å². The zero-order valence-electron chi connectivity index (χ0n) is 12.6. The lowest BCUT2D eigenvalue weighted by Gasteiger charge is -2.37. The topological polar surface area (TPSA) is 61.8 Å². The molecule has 5 nitrogen and oxygen atoms in total. The number of methoxy groups -OCH3 is 1. The van der Waals surface area contributed by atoms with E-state index in [0.29, 0.717) is 6.42 Å². The summed E-state index contributed by atoms with van der Waals surface area (Å²) >= 11 is 0. The van der Waals surface area contributed by atoms with Crippen LogP contribution in [-0.2, 0) is 23.8 Å². The quantitative estimate of drug-likeness (QED) is 0.573. The van der Waals surface area contributed by atoms with Crippen LogP contribution < -0.4 is 0 Å². The van der Waals surface area contributed by atoms with Gasteiger partial charge in [0.15, 0.2) is 0 Å². The van der Waals surface area contributed by atoms with Crippen LogP contribution in [0.2, 0.25) is 0 Å². The van der Waals surface area contributed by atoms with Gasteiger partial charge in [-0.1, -0.05) is 20.8 Å². The van der Waals surface area contributed by atoms with E-state index in [1.165, 1.54) is 7.11 Å². The first kappa shape index (κ1) is 16.0. The molecule has 120 valence electrons. The largest absolute Gasteiger partial charge is 0.523 e. The van der Waals surface area contributed by atoms with Crippen LogP contribution in [-0.4, -0.2) is 45.4 Å². The lowest BCUT2D eigenvalue weighted by atomic mass is 9.82. The van der Waals surface area contributed by atoms with Crippen LogP contribution in [0.15, 0.2) is 0 Å². The van der Waals surface area contributed by atoms with Crippen molar-refractivity contribution in [3.8, 4) is 0 Å². The number of rotatable bonds is 5. The summed E-state index contributed by atoms with van der Waals surface area (Å²) in [6, 6.07) is 0. The lowest BCUT2D eigenvalue weighted by molar-refractivity contribution is -0.111. The summed E-state index contributed by atoms with van der Waals surface area (Å²) in [6.07, 6.45) is -2.43. The normalized spacial score (nSPS) is 36.4. The molecule has 1 saturated heterocycles. The number of hydrogen-bond acceptors (Lipinski definition) is 5. The van der Waals surface area contributed by atoms with Gasteiger partial charge >= 0.3 is 15.6 Å². The lowest BCUT2D eigenvalue weighted by Crippen LogP contribution is -2.49. The predicted octanol–water partition coefficient (Wildman–Crippen LogP) is 2.07. The highest BCUT2D eigenvalue weighted by Crippen LogP contribution is 2.40. The first-order valence-corrected chi connectivity index (χ1v) is 7.46. The van der Waals surface area contributed by atoms with Crippen molar-refractivity contribution in [1.82, 2.24) is 0 Å². The number of alkyl halides is 3. The van der Waals surface area contributed by atoms with Crippen LogP contribution >= 0.6 is 0 Å². The summed E-state index contributed by atoms with van der Waals surface area (Å²) in [5, 5.41) is 0. The summed E-state index contributed by atoms with van der Waals surface area (Å²) in [7, 11) is -4.60. The summed E-state index contributed by atoms with van der Waals surface area (Å²) in [4.78, 5) is 0. The van der Waals surface area contributed by atoms with Gasteiger partial charge in [0, 0.05) is 7.11 Å². The molecule has 0 saturated carbocycles. The first-order chi connectivity index (χ1) is 9.43. The fourth-order valence-corrected chi connectivity index (χ4v) is 2.92. The molecule has 1 aliphatic rings. The molecule has 0 aromatic carbocycles. The van der Waals surface area contributed by atoms with Crippen LogP contribution in [0, 0.1) is 5.92 Å². The number of hydrogen-bond donors (Lipinski definition) is 0. The Hall–Kier alpha value is -0.380. The Balaban J connectivity index is 3.14. The highest BCUT2D eigenvalue weighted by Gasteiger charge is 2.56. The van der Waals surface area contributed by atoms with Crippen molar-refractivity contribution in [2.24, 2.45) is 5.92 Å². The highest BCUT2D eigenvalue weighted by atomic mass is 32.2. The van der Waals surface area contributed by atoms with Gasteiger partial charge in [-0.25, -0.2) is 0 Å². The highest BCUT2D eigenvalue weighted by molar-refractivity contribution is 7.87.